The Hall–Kier alpha value is -4.22. The van der Waals surface area contributed by atoms with Crippen LogP contribution in [0.2, 0.25) is 0 Å². The van der Waals surface area contributed by atoms with Gasteiger partial charge in [-0.2, -0.15) is 23.4 Å². The minimum absolute atomic E-state index is 0.174. The minimum Gasteiger partial charge on any atom is -0.493 e. The first-order valence-corrected chi connectivity index (χ1v) is 12.3. The normalized spacial score (nSPS) is 14.1. The average molecular weight is 523 g/mol. The summed E-state index contributed by atoms with van der Waals surface area (Å²) < 4.78 is 50.6. The third kappa shape index (κ3) is 4.29. The standard InChI is InChI=1S/C26H25F3N8O/c1-15(2)35-14-21(26(27,28)29)33-24(35)17-6-4-16(5-7-17)13-36-25-18(11-31-36)10-30-23(34-25)22-20(38-3)12-32-37(22)19-8-9-19/h4-7,10-12,14-15,19H,8-9,13H2,1-3H3. The summed E-state index contributed by atoms with van der Waals surface area (Å²) in [6.07, 6.45) is 3.80. The number of benzene rings is 1. The molecule has 0 spiro atoms. The van der Waals surface area contributed by atoms with Crippen LogP contribution in [0.4, 0.5) is 13.2 Å². The van der Waals surface area contributed by atoms with Gasteiger partial charge in [-0.05, 0) is 32.3 Å². The van der Waals surface area contributed by atoms with Crippen LogP contribution in [0.3, 0.4) is 0 Å². The van der Waals surface area contributed by atoms with Gasteiger partial charge < -0.3 is 9.30 Å². The van der Waals surface area contributed by atoms with Crippen molar-refractivity contribution in [2.75, 3.05) is 7.11 Å². The molecule has 4 heterocycles. The Morgan fingerprint density at radius 2 is 1.79 bits per heavy atom. The van der Waals surface area contributed by atoms with Crippen molar-refractivity contribution < 1.29 is 17.9 Å². The molecule has 0 N–H and O–H groups in total. The molecule has 1 aliphatic rings. The van der Waals surface area contributed by atoms with Crippen molar-refractivity contribution in [2.24, 2.45) is 0 Å². The molecule has 5 aromatic rings. The fourth-order valence-corrected chi connectivity index (χ4v) is 4.47. The van der Waals surface area contributed by atoms with E-state index in [-0.39, 0.29) is 11.9 Å². The average Bonchev–Trinajstić information content (AvgIpc) is 3.31. The first kappa shape index (κ1) is 24.1. The lowest BCUT2D eigenvalue weighted by Gasteiger charge is -2.12. The molecular formula is C26H25F3N8O. The second-order valence-corrected chi connectivity index (χ2v) is 9.66. The predicted octanol–water partition coefficient (Wildman–Crippen LogP) is 5.54. The van der Waals surface area contributed by atoms with Gasteiger partial charge >= 0.3 is 6.18 Å². The first-order valence-electron chi connectivity index (χ1n) is 12.3. The number of methoxy groups -OCH3 is 1. The molecule has 0 atom stereocenters. The van der Waals surface area contributed by atoms with Crippen LogP contribution in [0.25, 0.3) is 33.9 Å². The second kappa shape index (κ2) is 8.96. The smallest absolute Gasteiger partial charge is 0.434 e. The number of halogens is 3. The van der Waals surface area contributed by atoms with Crippen LogP contribution in [0, 0.1) is 0 Å². The zero-order valence-corrected chi connectivity index (χ0v) is 21.0. The summed E-state index contributed by atoms with van der Waals surface area (Å²) in [5.74, 6) is 1.41. The zero-order valence-electron chi connectivity index (χ0n) is 21.0. The number of nitrogens with zero attached hydrogens (tertiary/aromatic N) is 8. The Kier molecular flexibility index (Phi) is 5.69. The summed E-state index contributed by atoms with van der Waals surface area (Å²) in [4.78, 5) is 13.2. The van der Waals surface area contributed by atoms with Crippen molar-refractivity contribution in [1.29, 1.82) is 0 Å². The summed E-state index contributed by atoms with van der Waals surface area (Å²) in [5, 5.41) is 9.75. The molecular weight excluding hydrogens is 497 g/mol. The number of hydrogen-bond donors (Lipinski definition) is 0. The predicted molar refractivity (Wildman–Crippen MR) is 134 cm³/mol. The van der Waals surface area contributed by atoms with Gasteiger partial charge in [0.2, 0.25) is 0 Å². The Bertz CT molecular complexity index is 1610. The molecule has 196 valence electrons. The Morgan fingerprint density at radius 3 is 2.45 bits per heavy atom. The van der Waals surface area contributed by atoms with Crippen LogP contribution in [0.5, 0.6) is 5.75 Å². The van der Waals surface area contributed by atoms with Crippen LogP contribution in [-0.4, -0.2) is 46.2 Å². The molecule has 0 aliphatic heterocycles. The van der Waals surface area contributed by atoms with Gasteiger partial charge in [0.05, 0.1) is 37.5 Å². The van der Waals surface area contributed by atoms with Gasteiger partial charge in [-0.25, -0.2) is 19.6 Å². The van der Waals surface area contributed by atoms with E-state index < -0.39 is 11.9 Å². The maximum Gasteiger partial charge on any atom is 0.434 e. The fraction of sp³-hybridized carbons (Fsp3) is 0.346. The molecule has 38 heavy (non-hydrogen) atoms. The van der Waals surface area contributed by atoms with E-state index in [0.29, 0.717) is 35.4 Å². The summed E-state index contributed by atoms with van der Waals surface area (Å²) in [6.45, 7) is 4.07. The highest BCUT2D eigenvalue weighted by Gasteiger charge is 2.35. The zero-order chi connectivity index (χ0) is 26.6. The minimum atomic E-state index is -4.50. The monoisotopic (exact) mass is 522 g/mol. The first-order chi connectivity index (χ1) is 18.2. The van der Waals surface area contributed by atoms with E-state index in [1.165, 1.54) is 4.57 Å². The van der Waals surface area contributed by atoms with Crippen LogP contribution >= 0.6 is 0 Å². The topological polar surface area (TPSA) is 88.5 Å². The van der Waals surface area contributed by atoms with Gasteiger partial charge in [-0.1, -0.05) is 24.3 Å². The molecule has 12 heteroatoms. The highest BCUT2D eigenvalue weighted by Crippen LogP contribution is 2.40. The summed E-state index contributed by atoms with van der Waals surface area (Å²) in [5.41, 5.74) is 2.03. The maximum absolute atomic E-state index is 13.3. The number of imidazole rings is 1. The third-order valence-corrected chi connectivity index (χ3v) is 6.59. The van der Waals surface area contributed by atoms with E-state index in [1.807, 2.05) is 30.7 Å². The second-order valence-electron chi connectivity index (χ2n) is 9.66. The molecule has 0 saturated heterocycles. The van der Waals surface area contributed by atoms with Crippen molar-refractivity contribution in [3.63, 3.8) is 0 Å². The van der Waals surface area contributed by atoms with Crippen molar-refractivity contribution >= 4 is 11.0 Å². The molecule has 1 saturated carbocycles. The van der Waals surface area contributed by atoms with Crippen molar-refractivity contribution in [3.05, 3.63) is 60.3 Å². The molecule has 1 aromatic carbocycles. The van der Waals surface area contributed by atoms with E-state index in [4.69, 9.17) is 9.72 Å². The van der Waals surface area contributed by atoms with Crippen LogP contribution in [0.1, 0.15) is 50.0 Å². The third-order valence-electron chi connectivity index (χ3n) is 6.59. The molecule has 6 rings (SSSR count). The van der Waals surface area contributed by atoms with Gasteiger partial charge in [0.25, 0.3) is 0 Å². The number of rotatable bonds is 7. The molecule has 9 nitrogen and oxygen atoms in total. The molecule has 1 fully saturated rings. The van der Waals surface area contributed by atoms with E-state index in [1.54, 1.807) is 42.5 Å². The van der Waals surface area contributed by atoms with Gasteiger partial charge in [-0.3, -0.25) is 4.68 Å². The number of alkyl halides is 3. The Morgan fingerprint density at radius 1 is 1.03 bits per heavy atom. The lowest BCUT2D eigenvalue weighted by atomic mass is 10.1. The van der Waals surface area contributed by atoms with Gasteiger partial charge in [-0.15, -0.1) is 0 Å². The van der Waals surface area contributed by atoms with Crippen LogP contribution in [0.15, 0.2) is 49.1 Å². The van der Waals surface area contributed by atoms with Gasteiger partial charge in [0.15, 0.2) is 22.9 Å². The summed E-state index contributed by atoms with van der Waals surface area (Å²) in [6, 6.07) is 7.44. The fourth-order valence-electron chi connectivity index (χ4n) is 4.47. The highest BCUT2D eigenvalue weighted by atomic mass is 19.4. The lowest BCUT2D eigenvalue weighted by Crippen LogP contribution is -2.06. The quantitative estimate of drug-likeness (QED) is 0.279. The number of hydrogen-bond acceptors (Lipinski definition) is 6. The maximum atomic E-state index is 13.3. The van der Waals surface area contributed by atoms with Crippen LogP contribution in [-0.2, 0) is 12.7 Å². The van der Waals surface area contributed by atoms with Gasteiger partial charge in [0, 0.05) is 24.0 Å². The number of fused-ring (bicyclic) bond motifs is 1. The molecule has 4 aromatic heterocycles. The largest absolute Gasteiger partial charge is 0.493 e. The van der Waals surface area contributed by atoms with Crippen molar-refractivity contribution in [1.82, 2.24) is 39.1 Å². The number of aromatic nitrogens is 8. The Balaban J connectivity index is 1.31. The molecule has 1 aliphatic carbocycles. The molecule has 0 bridgehead atoms. The van der Waals surface area contributed by atoms with E-state index >= 15 is 0 Å². The highest BCUT2D eigenvalue weighted by molar-refractivity contribution is 5.76. The van der Waals surface area contributed by atoms with Crippen LogP contribution < -0.4 is 4.74 Å². The SMILES string of the molecule is COc1cnn(C2CC2)c1-c1ncc2cnn(Cc3ccc(-c4nc(C(F)(F)F)cn4C(C)C)cc3)c2n1. The molecule has 0 unspecified atom stereocenters. The van der Waals surface area contributed by atoms with E-state index in [9.17, 15) is 13.2 Å². The van der Waals surface area contributed by atoms with Crippen molar-refractivity contribution in [3.8, 4) is 28.7 Å². The summed E-state index contributed by atoms with van der Waals surface area (Å²) >= 11 is 0. The van der Waals surface area contributed by atoms with Crippen molar-refractivity contribution in [2.45, 2.75) is 51.5 Å². The Labute approximate surface area is 215 Å². The molecule has 0 amide bonds. The van der Waals surface area contributed by atoms with Gasteiger partial charge in [0.1, 0.15) is 11.5 Å². The lowest BCUT2D eigenvalue weighted by molar-refractivity contribution is -0.140. The van der Waals surface area contributed by atoms with E-state index in [2.05, 4.69) is 20.2 Å². The molecule has 0 radical (unpaired) electrons. The number of ether oxygens (including phenoxy) is 1. The summed E-state index contributed by atoms with van der Waals surface area (Å²) in [7, 11) is 1.60. The van der Waals surface area contributed by atoms with E-state index in [0.717, 1.165) is 35.7 Å².